The summed E-state index contributed by atoms with van der Waals surface area (Å²) in [5, 5.41) is 1.28. The molecule has 0 bridgehead atoms. The lowest BCUT2D eigenvalue weighted by molar-refractivity contribution is 0.648. The molecule has 0 amide bonds. The molecule has 2 nitrogen and oxygen atoms in total. The van der Waals surface area contributed by atoms with E-state index in [1.165, 1.54) is 16.5 Å². The first-order chi connectivity index (χ1) is 7.20. The molecule has 0 aliphatic carbocycles. The van der Waals surface area contributed by atoms with Crippen LogP contribution in [0.4, 0.5) is 0 Å². The van der Waals surface area contributed by atoms with Gasteiger partial charge in [0.15, 0.2) is 0 Å². The smallest absolute Gasteiger partial charge is 0.0468 e. The second kappa shape index (κ2) is 5.71. The molecule has 2 rings (SSSR count). The van der Waals surface area contributed by atoms with Crippen LogP contribution in [0.5, 0.6) is 0 Å². The zero-order valence-electron chi connectivity index (χ0n) is 9.16. The molecule has 2 aromatic rings. The van der Waals surface area contributed by atoms with E-state index in [9.17, 15) is 0 Å². The molecule has 0 aliphatic heterocycles. The van der Waals surface area contributed by atoms with Gasteiger partial charge in [-0.25, -0.2) is 0 Å². The number of benzene rings is 1. The lowest BCUT2D eigenvalue weighted by Gasteiger charge is -2.06. The van der Waals surface area contributed by atoms with Crippen LogP contribution in [0.1, 0.15) is 18.9 Å². The molecule has 88 valence electrons. The Morgan fingerprint density at radius 2 is 2.19 bits per heavy atom. The van der Waals surface area contributed by atoms with Crippen LogP contribution in [0.3, 0.4) is 0 Å². The van der Waals surface area contributed by atoms with Crippen molar-refractivity contribution >= 4 is 39.2 Å². The van der Waals surface area contributed by atoms with Crippen molar-refractivity contribution < 1.29 is 0 Å². The van der Waals surface area contributed by atoms with E-state index in [0.29, 0.717) is 0 Å². The third-order valence-electron chi connectivity index (χ3n) is 2.74. The van der Waals surface area contributed by atoms with Gasteiger partial charge in [0.25, 0.3) is 0 Å². The molecule has 4 heteroatoms. The standard InChI is InChI=1S/C12H15BrN2.ClH/c1-2-10(14)5-8-7-15-12-6-9(13)3-4-11(8)12;/h3-4,6-7,10,15H,2,5,14H2,1H3;1H. The Balaban J connectivity index is 0.00000128. The van der Waals surface area contributed by atoms with Crippen molar-refractivity contribution in [1.29, 1.82) is 0 Å². The Morgan fingerprint density at radius 1 is 1.44 bits per heavy atom. The molecule has 0 saturated carbocycles. The normalized spacial score (nSPS) is 12.4. The fraction of sp³-hybridized carbons (Fsp3) is 0.333. The maximum Gasteiger partial charge on any atom is 0.0468 e. The average Bonchev–Trinajstić information content (AvgIpc) is 2.60. The molecule has 1 heterocycles. The molecular weight excluding hydrogens is 288 g/mol. The minimum Gasteiger partial charge on any atom is -0.361 e. The van der Waals surface area contributed by atoms with Crippen LogP contribution in [0.2, 0.25) is 0 Å². The minimum absolute atomic E-state index is 0. The van der Waals surface area contributed by atoms with Crippen LogP contribution >= 0.6 is 28.3 Å². The molecule has 1 aromatic carbocycles. The minimum atomic E-state index is 0. The number of nitrogens with one attached hydrogen (secondary N) is 1. The maximum absolute atomic E-state index is 5.96. The summed E-state index contributed by atoms with van der Waals surface area (Å²) in [5.74, 6) is 0. The molecule has 1 unspecified atom stereocenters. The number of rotatable bonds is 3. The first-order valence-electron chi connectivity index (χ1n) is 5.21. The van der Waals surface area contributed by atoms with Gasteiger partial charge in [-0.1, -0.05) is 28.9 Å². The summed E-state index contributed by atoms with van der Waals surface area (Å²) in [6, 6.07) is 6.55. The molecule has 0 saturated heterocycles. The quantitative estimate of drug-likeness (QED) is 0.893. The van der Waals surface area contributed by atoms with Gasteiger partial charge in [0.05, 0.1) is 0 Å². The van der Waals surface area contributed by atoms with Gasteiger partial charge in [-0.15, -0.1) is 12.4 Å². The summed E-state index contributed by atoms with van der Waals surface area (Å²) < 4.78 is 1.10. The molecule has 0 aliphatic rings. The van der Waals surface area contributed by atoms with Gasteiger partial charge in [0.2, 0.25) is 0 Å². The number of nitrogens with two attached hydrogens (primary N) is 1. The third-order valence-corrected chi connectivity index (χ3v) is 3.23. The van der Waals surface area contributed by atoms with Crippen molar-refractivity contribution in [2.75, 3.05) is 0 Å². The van der Waals surface area contributed by atoms with Crippen LogP contribution < -0.4 is 5.73 Å². The number of H-pyrrole nitrogens is 1. The van der Waals surface area contributed by atoms with Crippen LogP contribution in [0.15, 0.2) is 28.9 Å². The lowest BCUT2D eigenvalue weighted by atomic mass is 10.0. The third kappa shape index (κ3) is 2.78. The molecular formula is C12H16BrClN2. The fourth-order valence-corrected chi connectivity index (χ4v) is 2.12. The van der Waals surface area contributed by atoms with Crippen molar-refractivity contribution in [2.45, 2.75) is 25.8 Å². The summed E-state index contributed by atoms with van der Waals surface area (Å²) in [4.78, 5) is 3.27. The van der Waals surface area contributed by atoms with Gasteiger partial charge >= 0.3 is 0 Å². The SMILES string of the molecule is CCC(N)Cc1c[nH]c2cc(Br)ccc12.Cl. The van der Waals surface area contributed by atoms with Gasteiger partial charge < -0.3 is 10.7 Å². The van der Waals surface area contributed by atoms with Crippen LogP contribution in [-0.4, -0.2) is 11.0 Å². The molecule has 3 N–H and O–H groups in total. The number of aromatic amines is 1. The summed E-state index contributed by atoms with van der Waals surface area (Å²) in [6.45, 7) is 2.12. The first-order valence-corrected chi connectivity index (χ1v) is 6.01. The summed E-state index contributed by atoms with van der Waals surface area (Å²) in [6.07, 6.45) is 4.02. The van der Waals surface area contributed by atoms with E-state index in [2.05, 4.69) is 52.2 Å². The van der Waals surface area contributed by atoms with Gasteiger partial charge in [-0.3, -0.25) is 0 Å². The summed E-state index contributed by atoms with van der Waals surface area (Å²) >= 11 is 3.46. The van der Waals surface area contributed by atoms with Crippen LogP contribution in [-0.2, 0) is 6.42 Å². The predicted octanol–water partition coefficient (Wildman–Crippen LogP) is 3.63. The van der Waals surface area contributed by atoms with Gasteiger partial charge in [-0.05, 0) is 30.5 Å². The summed E-state index contributed by atoms with van der Waals surface area (Å²) in [5.41, 5.74) is 8.44. The van der Waals surface area contributed by atoms with E-state index in [1.807, 2.05) is 0 Å². The van der Waals surface area contributed by atoms with Gasteiger partial charge in [0, 0.05) is 27.6 Å². The number of halogens is 2. The van der Waals surface area contributed by atoms with Crippen molar-refractivity contribution in [3.05, 3.63) is 34.4 Å². The van der Waals surface area contributed by atoms with Gasteiger partial charge in [-0.2, -0.15) is 0 Å². The van der Waals surface area contributed by atoms with E-state index in [-0.39, 0.29) is 18.4 Å². The van der Waals surface area contributed by atoms with E-state index in [0.717, 1.165) is 17.3 Å². The van der Waals surface area contributed by atoms with Crippen LogP contribution in [0, 0.1) is 0 Å². The number of hydrogen-bond donors (Lipinski definition) is 2. The van der Waals surface area contributed by atoms with Crippen LogP contribution in [0.25, 0.3) is 10.9 Å². The van der Waals surface area contributed by atoms with E-state index in [4.69, 9.17) is 5.73 Å². The highest BCUT2D eigenvalue weighted by molar-refractivity contribution is 9.10. The molecule has 0 fully saturated rings. The molecule has 1 aromatic heterocycles. The Kier molecular flexibility index (Phi) is 4.84. The lowest BCUT2D eigenvalue weighted by Crippen LogP contribution is -2.21. The second-order valence-corrected chi connectivity index (χ2v) is 4.79. The largest absolute Gasteiger partial charge is 0.361 e. The molecule has 0 radical (unpaired) electrons. The zero-order chi connectivity index (χ0) is 10.8. The Bertz CT molecular complexity index is 467. The molecule has 0 spiro atoms. The van der Waals surface area contributed by atoms with Crippen molar-refractivity contribution in [1.82, 2.24) is 4.98 Å². The highest BCUT2D eigenvalue weighted by atomic mass is 79.9. The zero-order valence-corrected chi connectivity index (χ0v) is 11.6. The number of fused-ring (bicyclic) bond motifs is 1. The molecule has 16 heavy (non-hydrogen) atoms. The topological polar surface area (TPSA) is 41.8 Å². The second-order valence-electron chi connectivity index (χ2n) is 3.88. The summed E-state index contributed by atoms with van der Waals surface area (Å²) in [7, 11) is 0. The van der Waals surface area contributed by atoms with Crippen molar-refractivity contribution in [3.8, 4) is 0 Å². The Morgan fingerprint density at radius 3 is 2.88 bits per heavy atom. The Labute approximate surface area is 110 Å². The van der Waals surface area contributed by atoms with Crippen molar-refractivity contribution in [3.63, 3.8) is 0 Å². The molecule has 1 atom stereocenters. The number of hydrogen-bond acceptors (Lipinski definition) is 1. The first kappa shape index (κ1) is 13.6. The Hall–Kier alpha value is -0.510. The predicted molar refractivity (Wildman–Crippen MR) is 75.2 cm³/mol. The highest BCUT2D eigenvalue weighted by Gasteiger charge is 2.07. The van der Waals surface area contributed by atoms with E-state index in [1.54, 1.807) is 0 Å². The van der Waals surface area contributed by atoms with Gasteiger partial charge in [0.1, 0.15) is 0 Å². The highest BCUT2D eigenvalue weighted by Crippen LogP contribution is 2.23. The fourth-order valence-electron chi connectivity index (χ4n) is 1.75. The maximum atomic E-state index is 5.96. The van der Waals surface area contributed by atoms with E-state index < -0.39 is 0 Å². The van der Waals surface area contributed by atoms with Crippen molar-refractivity contribution in [2.24, 2.45) is 5.73 Å². The monoisotopic (exact) mass is 302 g/mol. The van der Waals surface area contributed by atoms with E-state index >= 15 is 0 Å². The average molecular weight is 304 g/mol. The number of aromatic nitrogens is 1.